The van der Waals surface area contributed by atoms with Gasteiger partial charge >= 0.3 is 0 Å². The summed E-state index contributed by atoms with van der Waals surface area (Å²) in [5, 5.41) is 19.0. The number of nitrogens with zero attached hydrogens (tertiary/aromatic N) is 1. The fraction of sp³-hybridized carbons (Fsp3) is 0. The fourth-order valence-corrected chi connectivity index (χ4v) is 0.372. The Morgan fingerprint density at radius 3 is 1.70 bits per heavy atom. The lowest BCUT2D eigenvalue weighted by atomic mass is 11.4. The Kier molecular flexibility index (Phi) is 3.51. The van der Waals surface area contributed by atoms with Crippen LogP contribution in [0.2, 0.25) is 0 Å². The zero-order valence-electron chi connectivity index (χ0n) is 4.27. The van der Waals surface area contributed by atoms with E-state index < -0.39 is 12.3 Å². The van der Waals surface area contributed by atoms with Crippen molar-refractivity contribution in [3.8, 4) is 0 Å². The van der Waals surface area contributed by atoms with Crippen molar-refractivity contribution in [3.05, 3.63) is 0 Å². The molecule has 0 aromatic carbocycles. The average Bonchev–Trinajstić information content (AvgIpc) is 1.58. The second-order valence-electron chi connectivity index (χ2n) is 0.895. The first-order valence-corrected chi connectivity index (χ1v) is 2.47. The highest BCUT2D eigenvalue weighted by Crippen LogP contribution is 1.98. The van der Waals surface area contributed by atoms with E-state index in [1.54, 1.807) is 0 Å². The number of carbonyl (C=O) groups is 2. The van der Waals surface area contributed by atoms with Gasteiger partial charge in [0.1, 0.15) is 0 Å². The van der Waals surface area contributed by atoms with E-state index in [0.717, 1.165) is 0 Å². The fourth-order valence-electron chi connectivity index (χ4n) is 0.136. The van der Waals surface area contributed by atoms with Crippen molar-refractivity contribution in [2.45, 2.75) is 0 Å². The second kappa shape index (κ2) is 3.90. The van der Waals surface area contributed by atoms with Gasteiger partial charge in [0, 0.05) is 0 Å². The Labute approximate surface area is 63.0 Å². The van der Waals surface area contributed by atoms with E-state index in [0.29, 0.717) is 0 Å². The maximum atomic E-state index is 9.49. The first-order chi connectivity index (χ1) is 4.52. The number of carbonyl (C=O) groups excluding carboxylic acids is 2. The van der Waals surface area contributed by atoms with Crippen LogP contribution >= 0.6 is 16.1 Å². The first-order valence-electron chi connectivity index (χ1n) is 1.76. The van der Waals surface area contributed by atoms with Crippen LogP contribution in [-0.4, -0.2) is 16.6 Å². The summed E-state index contributed by atoms with van der Waals surface area (Å²) in [6.45, 7) is 0. The van der Waals surface area contributed by atoms with Crippen LogP contribution in [0.15, 0.2) is 0 Å². The van der Waals surface area contributed by atoms with Crippen LogP contribution in [0.4, 0.5) is 9.59 Å². The third-order valence-electron chi connectivity index (χ3n) is 0.293. The predicted octanol–water partition coefficient (Wildman–Crippen LogP) is -1.85. The van der Waals surface area contributed by atoms with Crippen molar-refractivity contribution in [2.75, 3.05) is 0 Å². The lowest BCUT2D eigenvalue weighted by Gasteiger charge is -2.20. The topological polar surface area (TPSA) is 102 Å². The van der Waals surface area contributed by atoms with Crippen LogP contribution in [0.25, 0.3) is 0 Å². The van der Waals surface area contributed by atoms with Gasteiger partial charge in [0.05, 0.1) is 16.1 Å². The predicted molar refractivity (Wildman–Crippen MR) is 23.7 cm³/mol. The smallest absolute Gasteiger partial charge is 0.270 e. The molecular weight excluding hydrogens is 214 g/mol. The van der Waals surface area contributed by atoms with Crippen LogP contribution < -0.4 is 10.2 Å². The molecule has 8 heteroatoms. The summed E-state index contributed by atoms with van der Waals surface area (Å²) < 4.78 is -0.113. The van der Waals surface area contributed by atoms with Crippen LogP contribution in [0.5, 0.6) is 0 Å². The molecule has 0 rings (SSSR count). The minimum absolute atomic E-state index is 0.113. The van der Waals surface area contributed by atoms with Gasteiger partial charge in [0.25, 0.3) is 12.3 Å². The molecule has 7 nitrogen and oxygen atoms in total. The monoisotopic (exact) mass is 213 g/mol. The molecule has 0 N–H and O–H groups in total. The van der Waals surface area contributed by atoms with Gasteiger partial charge in [-0.3, -0.25) is 0 Å². The molecule has 10 heavy (non-hydrogen) atoms. The lowest BCUT2D eigenvalue weighted by molar-refractivity contribution is -0.366. The van der Waals surface area contributed by atoms with Crippen LogP contribution in [-0.2, 0) is 9.68 Å². The molecule has 0 radical (unpaired) electrons. The molecule has 0 saturated heterocycles. The standard InChI is InChI=1S/C2H2BrNO6/c3-4(9-1(5)6)10-2(7)8/h(H,5,6)(H,7,8)/p-2. The molecule has 0 fully saturated rings. The summed E-state index contributed by atoms with van der Waals surface area (Å²) >= 11 is 2.23. The summed E-state index contributed by atoms with van der Waals surface area (Å²) in [5.41, 5.74) is 0. The molecule has 0 aliphatic carbocycles. The van der Waals surface area contributed by atoms with E-state index in [1.807, 2.05) is 0 Å². The van der Waals surface area contributed by atoms with E-state index in [4.69, 9.17) is 0 Å². The minimum Gasteiger partial charge on any atom is -0.436 e. The van der Waals surface area contributed by atoms with Gasteiger partial charge in [-0.05, 0) is 4.25 Å². The van der Waals surface area contributed by atoms with Gasteiger partial charge < -0.3 is 29.5 Å². The number of rotatable bonds is 2. The van der Waals surface area contributed by atoms with E-state index in [2.05, 4.69) is 25.8 Å². The molecule has 0 bridgehead atoms. The van der Waals surface area contributed by atoms with Crippen molar-refractivity contribution < 1.29 is 29.5 Å². The highest BCUT2D eigenvalue weighted by molar-refractivity contribution is 9.07. The maximum Gasteiger partial charge on any atom is 0.270 e. The van der Waals surface area contributed by atoms with Gasteiger partial charge in [0.2, 0.25) is 0 Å². The Bertz CT molecular complexity index is 131. The summed E-state index contributed by atoms with van der Waals surface area (Å²) in [7, 11) is 0. The van der Waals surface area contributed by atoms with E-state index in [1.165, 1.54) is 0 Å². The lowest BCUT2D eigenvalue weighted by Crippen LogP contribution is -2.34. The molecule has 0 saturated carbocycles. The van der Waals surface area contributed by atoms with Crippen molar-refractivity contribution in [3.63, 3.8) is 0 Å². The number of carboxylic acid groups (broad SMARTS) is 2. The van der Waals surface area contributed by atoms with Gasteiger partial charge in [0.15, 0.2) is 0 Å². The molecule has 0 atom stereocenters. The second-order valence-corrected chi connectivity index (χ2v) is 1.47. The van der Waals surface area contributed by atoms with Crippen molar-refractivity contribution in [2.24, 2.45) is 0 Å². The Morgan fingerprint density at radius 2 is 1.50 bits per heavy atom. The first kappa shape index (κ1) is 8.98. The van der Waals surface area contributed by atoms with Crippen LogP contribution in [0.1, 0.15) is 0 Å². The molecule has 0 unspecified atom stereocenters. The molecule has 0 heterocycles. The maximum absolute atomic E-state index is 9.49. The molecule has 0 aliphatic rings. The SMILES string of the molecule is O=C([O-])ON(Br)OC(=O)[O-]. The molecular formula is C2BrNO6-2. The highest BCUT2D eigenvalue weighted by atomic mass is 79.9. The average molecular weight is 214 g/mol. The summed E-state index contributed by atoms with van der Waals surface area (Å²) in [5.74, 6) is 0. The summed E-state index contributed by atoms with van der Waals surface area (Å²) in [4.78, 5) is 25.9. The molecule has 0 aliphatic heterocycles. The van der Waals surface area contributed by atoms with Gasteiger partial charge in [-0.15, -0.1) is 0 Å². The number of halogens is 1. The normalized spacial score (nSPS) is 9.00. The molecule has 58 valence electrons. The van der Waals surface area contributed by atoms with E-state index >= 15 is 0 Å². The van der Waals surface area contributed by atoms with Gasteiger partial charge in [-0.1, -0.05) is 0 Å². The summed E-state index contributed by atoms with van der Waals surface area (Å²) in [6.07, 6.45) is -3.95. The zero-order valence-corrected chi connectivity index (χ0v) is 5.86. The minimum atomic E-state index is -1.97. The number of hydrogen-bond acceptors (Lipinski definition) is 7. The third-order valence-corrected chi connectivity index (χ3v) is 0.582. The molecule has 0 spiro atoms. The molecule has 0 aromatic heterocycles. The van der Waals surface area contributed by atoms with Crippen LogP contribution in [0.3, 0.4) is 0 Å². The van der Waals surface area contributed by atoms with Gasteiger partial charge in [-0.25, -0.2) is 0 Å². The van der Waals surface area contributed by atoms with Crippen LogP contribution in [0, 0.1) is 0 Å². The molecule has 0 aromatic rings. The Balaban J connectivity index is 3.53. The largest absolute Gasteiger partial charge is 0.436 e. The Morgan fingerprint density at radius 1 is 1.20 bits per heavy atom. The molecule has 0 amide bonds. The van der Waals surface area contributed by atoms with Crippen molar-refractivity contribution in [1.29, 1.82) is 0 Å². The van der Waals surface area contributed by atoms with E-state index in [9.17, 15) is 19.8 Å². The quantitative estimate of drug-likeness (QED) is 0.392. The summed E-state index contributed by atoms with van der Waals surface area (Å²) in [6, 6.07) is 0. The third kappa shape index (κ3) is 5.12. The van der Waals surface area contributed by atoms with Crippen molar-refractivity contribution >= 4 is 28.5 Å². The van der Waals surface area contributed by atoms with Gasteiger partial charge in [-0.2, -0.15) is 0 Å². The van der Waals surface area contributed by atoms with Crippen molar-refractivity contribution in [1.82, 2.24) is 4.25 Å². The highest BCUT2D eigenvalue weighted by Gasteiger charge is 1.94. The zero-order chi connectivity index (χ0) is 8.15. The Hall–Kier alpha value is -1.02. The number of hydrogen-bond donors (Lipinski definition) is 0. The van der Waals surface area contributed by atoms with E-state index in [-0.39, 0.29) is 4.25 Å².